The molecule has 0 spiro atoms. The third kappa shape index (κ3) is 2.98. The van der Waals surface area contributed by atoms with Crippen LogP contribution < -0.4 is 0 Å². The highest BCUT2D eigenvalue weighted by atomic mass is 35.5. The summed E-state index contributed by atoms with van der Waals surface area (Å²) in [6, 6.07) is 0. The number of rotatable bonds is 3. The van der Waals surface area contributed by atoms with Crippen LogP contribution in [0.25, 0.3) is 0 Å². The van der Waals surface area contributed by atoms with E-state index in [0.29, 0.717) is 5.88 Å². The van der Waals surface area contributed by atoms with E-state index in [1.807, 2.05) is 0 Å². The Labute approximate surface area is 110 Å². The van der Waals surface area contributed by atoms with Crippen LogP contribution in [0.1, 0.15) is 6.42 Å². The molecule has 1 saturated heterocycles. The second-order valence-electron chi connectivity index (χ2n) is 5.73. The van der Waals surface area contributed by atoms with E-state index in [1.54, 1.807) is 0 Å². The van der Waals surface area contributed by atoms with Crippen molar-refractivity contribution in [1.82, 2.24) is 4.90 Å². The van der Waals surface area contributed by atoms with Crippen molar-refractivity contribution in [2.24, 2.45) is 0 Å². The number of hydrogen-bond donors (Lipinski definition) is 0. The zero-order valence-electron chi connectivity index (χ0n) is 11.0. The standard InChI is InChI=1S/C12H22ClNO2Si/c1-17(2,3)11-8-10(9-13)16-12(11)14-4-6-15-7-5-14/h10H,4-9H2,1-3H3/t10-/m0/s1. The Hall–Kier alpha value is -0.193. The third-order valence-corrected chi connectivity index (χ3v) is 5.92. The largest absolute Gasteiger partial charge is 0.475 e. The van der Waals surface area contributed by atoms with E-state index in [0.717, 1.165) is 38.6 Å². The molecule has 1 atom stereocenters. The number of morpholine rings is 1. The molecule has 0 saturated carbocycles. The van der Waals surface area contributed by atoms with Gasteiger partial charge in [0.15, 0.2) is 5.88 Å². The Morgan fingerprint density at radius 1 is 1.29 bits per heavy atom. The van der Waals surface area contributed by atoms with Crippen molar-refractivity contribution in [2.45, 2.75) is 32.2 Å². The second-order valence-corrected chi connectivity index (χ2v) is 11.1. The molecule has 0 aromatic rings. The number of nitrogens with zero attached hydrogens (tertiary/aromatic N) is 1. The summed E-state index contributed by atoms with van der Waals surface area (Å²) >= 11 is 5.95. The highest BCUT2D eigenvalue weighted by molar-refractivity contribution is 6.83. The molecule has 0 aromatic heterocycles. The molecule has 0 unspecified atom stereocenters. The van der Waals surface area contributed by atoms with Gasteiger partial charge >= 0.3 is 0 Å². The van der Waals surface area contributed by atoms with Gasteiger partial charge < -0.3 is 14.4 Å². The van der Waals surface area contributed by atoms with Crippen LogP contribution in [0.5, 0.6) is 0 Å². The third-order valence-electron chi connectivity index (χ3n) is 3.34. The van der Waals surface area contributed by atoms with E-state index in [9.17, 15) is 0 Å². The SMILES string of the molecule is C[Si](C)(C)C1=C(N2CCOCC2)O[C@H](CCl)C1. The number of hydrogen-bond acceptors (Lipinski definition) is 3. The molecule has 0 aromatic carbocycles. The van der Waals surface area contributed by atoms with Crippen molar-refractivity contribution >= 4 is 19.7 Å². The van der Waals surface area contributed by atoms with Gasteiger partial charge in [0, 0.05) is 19.5 Å². The Morgan fingerprint density at radius 2 is 1.94 bits per heavy atom. The summed E-state index contributed by atoms with van der Waals surface area (Å²) in [5.41, 5.74) is 0. The quantitative estimate of drug-likeness (QED) is 0.583. The van der Waals surface area contributed by atoms with Crippen LogP contribution in [0.15, 0.2) is 11.1 Å². The summed E-state index contributed by atoms with van der Waals surface area (Å²) in [6.07, 6.45) is 1.20. The highest BCUT2D eigenvalue weighted by Gasteiger charge is 2.36. The van der Waals surface area contributed by atoms with Crippen LogP contribution in [0.3, 0.4) is 0 Å². The molecule has 2 aliphatic heterocycles. The summed E-state index contributed by atoms with van der Waals surface area (Å²) in [6.45, 7) is 10.6. The van der Waals surface area contributed by atoms with Gasteiger partial charge in [-0.15, -0.1) is 11.6 Å². The topological polar surface area (TPSA) is 21.7 Å². The first-order valence-corrected chi connectivity index (χ1v) is 10.3. The maximum atomic E-state index is 6.04. The van der Waals surface area contributed by atoms with Crippen molar-refractivity contribution in [3.8, 4) is 0 Å². The van der Waals surface area contributed by atoms with Gasteiger partial charge in [0.25, 0.3) is 0 Å². The van der Waals surface area contributed by atoms with Crippen molar-refractivity contribution in [3.05, 3.63) is 11.1 Å². The van der Waals surface area contributed by atoms with Crippen LogP contribution in [0, 0.1) is 0 Å². The van der Waals surface area contributed by atoms with Crippen molar-refractivity contribution < 1.29 is 9.47 Å². The Kier molecular flexibility index (Phi) is 4.05. The van der Waals surface area contributed by atoms with E-state index in [2.05, 4.69) is 24.5 Å². The lowest BCUT2D eigenvalue weighted by molar-refractivity contribution is 0.00880. The van der Waals surface area contributed by atoms with E-state index in [1.165, 1.54) is 5.20 Å². The second kappa shape index (κ2) is 5.20. The molecule has 5 heteroatoms. The zero-order chi connectivity index (χ0) is 12.5. The smallest absolute Gasteiger partial charge is 0.185 e. The summed E-state index contributed by atoms with van der Waals surface area (Å²) in [5.74, 6) is 1.71. The van der Waals surface area contributed by atoms with Crippen molar-refractivity contribution in [2.75, 3.05) is 32.2 Å². The van der Waals surface area contributed by atoms with Gasteiger partial charge in [0.05, 0.1) is 27.2 Å². The molecule has 3 nitrogen and oxygen atoms in total. The minimum absolute atomic E-state index is 0.177. The van der Waals surface area contributed by atoms with Crippen LogP contribution >= 0.6 is 11.6 Å². The summed E-state index contributed by atoms with van der Waals surface area (Å²) in [7, 11) is -1.32. The fourth-order valence-corrected chi connectivity index (χ4v) is 4.20. The predicted octanol–water partition coefficient (Wildman–Crippen LogP) is 2.44. The summed E-state index contributed by atoms with van der Waals surface area (Å²) in [5, 5.41) is 1.53. The van der Waals surface area contributed by atoms with Gasteiger partial charge in [0.2, 0.25) is 0 Å². The van der Waals surface area contributed by atoms with Gasteiger partial charge in [0.1, 0.15) is 6.10 Å². The fraction of sp³-hybridized carbons (Fsp3) is 0.833. The molecular weight excluding hydrogens is 254 g/mol. The molecule has 1 fully saturated rings. The Bertz CT molecular complexity index is 308. The van der Waals surface area contributed by atoms with Gasteiger partial charge in [-0.2, -0.15) is 0 Å². The Morgan fingerprint density at radius 3 is 2.47 bits per heavy atom. The first-order valence-electron chi connectivity index (χ1n) is 6.31. The van der Waals surface area contributed by atoms with Crippen LogP contribution in [-0.2, 0) is 9.47 Å². The van der Waals surface area contributed by atoms with Crippen LogP contribution in [0.2, 0.25) is 19.6 Å². The van der Waals surface area contributed by atoms with Crippen LogP contribution in [0.4, 0.5) is 0 Å². The molecule has 2 heterocycles. The minimum atomic E-state index is -1.32. The maximum absolute atomic E-state index is 6.04. The van der Waals surface area contributed by atoms with E-state index >= 15 is 0 Å². The molecule has 0 N–H and O–H groups in total. The van der Waals surface area contributed by atoms with E-state index in [4.69, 9.17) is 21.1 Å². The van der Waals surface area contributed by atoms with Crippen molar-refractivity contribution in [1.29, 1.82) is 0 Å². The molecule has 17 heavy (non-hydrogen) atoms. The lowest BCUT2D eigenvalue weighted by atomic mass is 10.3. The minimum Gasteiger partial charge on any atom is -0.475 e. The monoisotopic (exact) mass is 275 g/mol. The van der Waals surface area contributed by atoms with Crippen LogP contribution in [-0.4, -0.2) is 51.3 Å². The predicted molar refractivity (Wildman–Crippen MR) is 73.0 cm³/mol. The average Bonchev–Trinajstić information content (AvgIpc) is 2.74. The molecule has 0 amide bonds. The molecular formula is C12H22ClNO2Si. The molecule has 2 aliphatic rings. The molecule has 2 rings (SSSR count). The van der Waals surface area contributed by atoms with Gasteiger partial charge in [-0.3, -0.25) is 0 Å². The first-order chi connectivity index (χ1) is 8.02. The molecule has 0 aliphatic carbocycles. The molecule has 0 bridgehead atoms. The number of ether oxygens (including phenoxy) is 2. The number of alkyl halides is 1. The van der Waals surface area contributed by atoms with Gasteiger partial charge in [-0.05, 0) is 5.20 Å². The van der Waals surface area contributed by atoms with E-state index in [-0.39, 0.29) is 6.10 Å². The van der Waals surface area contributed by atoms with E-state index < -0.39 is 8.07 Å². The molecule has 98 valence electrons. The normalized spacial score (nSPS) is 26.4. The maximum Gasteiger partial charge on any atom is 0.185 e. The highest BCUT2D eigenvalue weighted by Crippen LogP contribution is 2.34. The zero-order valence-corrected chi connectivity index (χ0v) is 12.7. The summed E-state index contributed by atoms with van der Waals surface area (Å²) < 4.78 is 11.4. The Balaban J connectivity index is 2.19. The van der Waals surface area contributed by atoms with Gasteiger partial charge in [-0.25, -0.2) is 0 Å². The summed E-state index contributed by atoms with van der Waals surface area (Å²) in [4.78, 5) is 2.34. The average molecular weight is 276 g/mol. The molecule has 0 radical (unpaired) electrons. The lowest BCUT2D eigenvalue weighted by Crippen LogP contribution is -2.38. The first kappa shape index (κ1) is 13.2. The van der Waals surface area contributed by atoms with Crippen molar-refractivity contribution in [3.63, 3.8) is 0 Å². The lowest BCUT2D eigenvalue weighted by Gasteiger charge is -2.31. The van der Waals surface area contributed by atoms with Gasteiger partial charge in [-0.1, -0.05) is 19.6 Å². The fourth-order valence-electron chi connectivity index (χ4n) is 2.33. The number of halogens is 1.